The van der Waals surface area contributed by atoms with Crippen molar-refractivity contribution in [1.29, 1.82) is 0 Å². The average Bonchev–Trinajstić information content (AvgIpc) is 3.05. The van der Waals surface area contributed by atoms with Crippen LogP contribution >= 0.6 is 0 Å². The van der Waals surface area contributed by atoms with Gasteiger partial charge in [0.05, 0.1) is 19.3 Å². The molecule has 5 nitrogen and oxygen atoms in total. The molecule has 0 saturated carbocycles. The highest BCUT2D eigenvalue weighted by Crippen LogP contribution is 2.17. The van der Waals surface area contributed by atoms with Gasteiger partial charge < -0.3 is 14.9 Å². The molecule has 53 heavy (non-hydrogen) atoms. The molecule has 4 aromatic rings. The molecule has 0 aliphatic carbocycles. The number of rotatable bonds is 13. The third-order valence-electron chi connectivity index (χ3n) is 7.93. The van der Waals surface area contributed by atoms with E-state index in [9.17, 15) is 10.2 Å². The van der Waals surface area contributed by atoms with Gasteiger partial charge in [0.15, 0.2) is 30.2 Å². The summed E-state index contributed by atoms with van der Waals surface area (Å²) in [7, 11) is 1.67. The highest BCUT2D eigenvalue weighted by molar-refractivity contribution is 5.69. The number of methoxy groups -OCH3 is 1. The van der Waals surface area contributed by atoms with Gasteiger partial charge in [-0.2, -0.15) is 4.57 Å². The lowest BCUT2D eigenvalue weighted by Gasteiger charge is -2.16. The Morgan fingerprint density at radius 1 is 0.566 bits per heavy atom. The fraction of sp³-hybridized carbons (Fsp3) is 0.458. The smallest absolute Gasteiger partial charge is 0.205 e. The summed E-state index contributed by atoms with van der Waals surface area (Å²) in [4.78, 5) is 0. The van der Waals surface area contributed by atoms with E-state index >= 15 is 0 Å². The zero-order valence-corrected chi connectivity index (χ0v) is 27.9. The molecule has 0 spiro atoms. The number of aryl methyl sites for hydroxylation is 1. The highest BCUT2D eigenvalue weighted by atomic mass is 16.5. The summed E-state index contributed by atoms with van der Waals surface area (Å²) in [5, 5.41) is 19.4. The molecule has 0 aliphatic rings. The van der Waals surface area contributed by atoms with Gasteiger partial charge in [-0.15, -0.1) is 0 Å². The van der Waals surface area contributed by atoms with E-state index in [1.54, 1.807) is 7.11 Å². The maximum Gasteiger partial charge on any atom is 0.205 e. The molecule has 4 unspecified atom stereocenters. The van der Waals surface area contributed by atoms with Crippen LogP contribution < -0.4 is 13.9 Å². The van der Waals surface area contributed by atoms with Crippen molar-refractivity contribution < 1.29 is 24.1 Å². The van der Waals surface area contributed by atoms with Gasteiger partial charge in [0, 0.05) is 62.9 Å². The Balaban J connectivity index is -0.000000181. The second-order valence-corrected chi connectivity index (χ2v) is 11.7. The van der Waals surface area contributed by atoms with E-state index in [1.165, 1.54) is 17.0 Å². The maximum atomic E-state index is 9.77. The molecule has 302 valence electrons. The molecule has 0 bridgehead atoms. The quantitative estimate of drug-likeness (QED) is 0.134. The number of aliphatic hydroxyl groups excluding tert-OH is 2. The molecule has 0 saturated heterocycles. The molecule has 4 rings (SSSR count). The van der Waals surface area contributed by atoms with Gasteiger partial charge in [-0.3, -0.25) is 0 Å². The molecular formula is C48H84N2O3+2. The molecule has 2 aromatic heterocycles. The van der Waals surface area contributed by atoms with Crippen LogP contribution in [0.2, 0.25) is 0 Å². The molecule has 0 fully saturated rings. The summed E-state index contributed by atoms with van der Waals surface area (Å²) in [6.07, 6.45) is 15.7. The minimum absolute atomic E-state index is 0. The van der Waals surface area contributed by atoms with E-state index in [4.69, 9.17) is 4.74 Å². The van der Waals surface area contributed by atoms with Crippen molar-refractivity contribution in [2.75, 3.05) is 7.11 Å². The minimum atomic E-state index is -0.289. The Hall–Kier alpha value is -4.06. The predicted octanol–water partition coefficient (Wildman–Crippen LogP) is 13.1. The van der Waals surface area contributed by atoms with Crippen molar-refractivity contribution >= 4 is 24.3 Å². The Labute approximate surface area is 329 Å². The molecule has 0 aliphatic heterocycles. The Kier molecular flexibility index (Phi) is 37.5. The van der Waals surface area contributed by atoms with Crippen molar-refractivity contribution in [2.45, 2.75) is 144 Å². The van der Waals surface area contributed by atoms with Crippen molar-refractivity contribution in [3.05, 3.63) is 125 Å². The van der Waals surface area contributed by atoms with Crippen LogP contribution in [0.5, 0.6) is 5.75 Å². The molecule has 2 N–H and O–H groups in total. The molecule has 4 atom stereocenters. The van der Waals surface area contributed by atoms with E-state index in [2.05, 4.69) is 109 Å². The largest absolute Gasteiger partial charge is 0.497 e. The van der Waals surface area contributed by atoms with Crippen molar-refractivity contribution in [2.24, 2.45) is 0 Å². The summed E-state index contributed by atoms with van der Waals surface area (Å²) < 4.78 is 9.68. The minimum Gasteiger partial charge on any atom is -0.497 e. The summed E-state index contributed by atoms with van der Waals surface area (Å²) in [5.74, 6) is 0.867. The van der Waals surface area contributed by atoms with Crippen LogP contribution in [0.3, 0.4) is 0 Å². The van der Waals surface area contributed by atoms with Crippen LogP contribution in [0.15, 0.2) is 97.3 Å². The molecule has 2 aromatic carbocycles. The number of pyridine rings is 2. The Bertz CT molecular complexity index is 1460. The van der Waals surface area contributed by atoms with Crippen LogP contribution in [0.4, 0.5) is 0 Å². The first-order chi connectivity index (χ1) is 21.7. The van der Waals surface area contributed by atoms with Gasteiger partial charge in [0.1, 0.15) is 5.75 Å². The van der Waals surface area contributed by atoms with Gasteiger partial charge in [-0.1, -0.05) is 128 Å². The number of hydrogen-bond acceptors (Lipinski definition) is 3. The first-order valence-corrected chi connectivity index (χ1v) is 16.2. The van der Waals surface area contributed by atoms with Gasteiger partial charge in [-0.05, 0) is 54.8 Å². The molecule has 2 heterocycles. The Morgan fingerprint density at radius 3 is 1.49 bits per heavy atom. The third kappa shape index (κ3) is 20.7. The standard InChI is InChI=1S/C20H26NO2.C20H26NO.8CH4/c1-4-19(15-16(2)22)21-13-11-18(12-14-21)6-5-17-7-9-20(23-3)10-8-17;1-4-19(15-17(3)22)21-16(2)9-8-12-20(21)14-13-18-10-6-5-7-11-18;;;;;;;;/h5-14,16,19,22H,4,15H2,1-3H3;5-14,17,19,22H,4,15H2,1-3H3;8*1H4/q2*+1;;;;;;;;/b6-5-;14-13-;;;;;;;;. The van der Waals surface area contributed by atoms with Gasteiger partial charge >= 0.3 is 0 Å². The topological polar surface area (TPSA) is 57.5 Å². The summed E-state index contributed by atoms with van der Waals surface area (Å²) in [6.45, 7) is 10.2. The summed E-state index contributed by atoms with van der Waals surface area (Å²) in [5.41, 5.74) is 5.89. The first-order valence-electron chi connectivity index (χ1n) is 16.2. The lowest BCUT2D eigenvalue weighted by Crippen LogP contribution is -2.45. The summed E-state index contributed by atoms with van der Waals surface area (Å²) in [6, 6.07) is 29.5. The normalized spacial score (nSPS) is 11.9. The van der Waals surface area contributed by atoms with Gasteiger partial charge in [-0.25, -0.2) is 4.57 Å². The molecular weight excluding hydrogens is 653 g/mol. The fourth-order valence-corrected chi connectivity index (χ4v) is 5.48. The monoisotopic (exact) mass is 737 g/mol. The number of hydrogen-bond donors (Lipinski definition) is 2. The van der Waals surface area contributed by atoms with Crippen LogP contribution in [-0.2, 0) is 0 Å². The van der Waals surface area contributed by atoms with E-state index in [1.807, 2.05) is 56.3 Å². The summed E-state index contributed by atoms with van der Waals surface area (Å²) >= 11 is 0. The van der Waals surface area contributed by atoms with Crippen LogP contribution in [-0.4, -0.2) is 29.5 Å². The first kappa shape index (κ1) is 61.0. The zero-order chi connectivity index (χ0) is 32.6. The number of benzene rings is 2. The number of aromatic nitrogens is 2. The van der Waals surface area contributed by atoms with E-state index < -0.39 is 0 Å². The number of aliphatic hydroxyl groups is 2. The van der Waals surface area contributed by atoms with E-state index in [-0.39, 0.29) is 71.6 Å². The van der Waals surface area contributed by atoms with Gasteiger partial charge in [0.2, 0.25) is 5.69 Å². The molecule has 5 heteroatoms. The fourth-order valence-electron chi connectivity index (χ4n) is 5.48. The lowest BCUT2D eigenvalue weighted by atomic mass is 10.1. The predicted molar refractivity (Wildman–Crippen MR) is 240 cm³/mol. The second kappa shape index (κ2) is 32.6. The maximum absolute atomic E-state index is 9.77. The van der Waals surface area contributed by atoms with Gasteiger partial charge in [0.25, 0.3) is 0 Å². The average molecular weight is 737 g/mol. The second-order valence-electron chi connectivity index (χ2n) is 11.7. The van der Waals surface area contributed by atoms with Crippen molar-refractivity contribution in [3.8, 4) is 5.75 Å². The van der Waals surface area contributed by atoms with Crippen LogP contribution in [0.1, 0.15) is 153 Å². The number of ether oxygens (including phenoxy) is 1. The number of nitrogens with zero attached hydrogens (tertiary/aromatic N) is 2. The molecule has 0 radical (unpaired) electrons. The van der Waals surface area contributed by atoms with Crippen molar-refractivity contribution in [1.82, 2.24) is 0 Å². The van der Waals surface area contributed by atoms with Crippen LogP contribution in [0.25, 0.3) is 24.3 Å². The highest BCUT2D eigenvalue weighted by Gasteiger charge is 2.24. The third-order valence-corrected chi connectivity index (χ3v) is 7.93. The molecule has 0 amide bonds. The van der Waals surface area contributed by atoms with E-state index in [0.717, 1.165) is 42.6 Å². The zero-order valence-electron chi connectivity index (χ0n) is 27.9. The van der Waals surface area contributed by atoms with E-state index in [0.29, 0.717) is 12.1 Å². The lowest BCUT2D eigenvalue weighted by molar-refractivity contribution is -0.731. The Morgan fingerprint density at radius 2 is 1.02 bits per heavy atom. The SMILES string of the molecule is C.C.C.C.C.C.C.C.CCC(CC(C)O)[n+]1c(C)cccc1/C=C\c1ccccc1.CCC(CC(C)O)[n+]1ccc(/C=C\c2ccc(OC)cc2)cc1. The van der Waals surface area contributed by atoms with Crippen molar-refractivity contribution in [3.63, 3.8) is 0 Å². The van der Waals surface area contributed by atoms with Crippen LogP contribution in [0, 0.1) is 6.92 Å².